The van der Waals surface area contributed by atoms with E-state index in [9.17, 15) is 8.42 Å². The van der Waals surface area contributed by atoms with Crippen molar-refractivity contribution < 1.29 is 13.2 Å². The molecule has 4 nitrogen and oxygen atoms in total. The summed E-state index contributed by atoms with van der Waals surface area (Å²) in [7, 11) is -2.82. The third kappa shape index (κ3) is 10.2. The van der Waals surface area contributed by atoms with E-state index in [-0.39, 0.29) is 11.5 Å². The molecule has 0 bridgehead atoms. The van der Waals surface area contributed by atoms with Gasteiger partial charge in [0.15, 0.2) is 9.84 Å². The molecule has 0 aromatic heterocycles. The number of hydrogen-bond acceptors (Lipinski definition) is 4. The van der Waals surface area contributed by atoms with E-state index in [0.717, 1.165) is 26.0 Å². The molecule has 0 amide bonds. The molecule has 0 unspecified atom stereocenters. The van der Waals surface area contributed by atoms with Crippen molar-refractivity contribution in [1.29, 1.82) is 0 Å². The van der Waals surface area contributed by atoms with Crippen LogP contribution >= 0.6 is 0 Å². The summed E-state index contributed by atoms with van der Waals surface area (Å²) in [5.41, 5.74) is 0. The van der Waals surface area contributed by atoms with Crippen LogP contribution in [0.5, 0.6) is 0 Å². The maximum atomic E-state index is 11.1. The van der Waals surface area contributed by atoms with Crippen LogP contribution in [-0.4, -0.2) is 46.2 Å². The van der Waals surface area contributed by atoms with Gasteiger partial charge in [0, 0.05) is 25.4 Å². The fourth-order valence-electron chi connectivity index (χ4n) is 0.990. The van der Waals surface area contributed by atoms with Crippen LogP contribution in [0.1, 0.15) is 26.7 Å². The topological polar surface area (TPSA) is 55.4 Å². The van der Waals surface area contributed by atoms with E-state index in [1.807, 2.05) is 0 Å². The van der Waals surface area contributed by atoms with Crippen LogP contribution in [0, 0.1) is 0 Å². The minimum absolute atomic E-state index is 0.221. The lowest BCUT2D eigenvalue weighted by molar-refractivity contribution is 0.133. The fraction of sp³-hybridized carbons (Fsp3) is 1.00. The van der Waals surface area contributed by atoms with Crippen LogP contribution in [0.2, 0.25) is 0 Å². The zero-order valence-electron chi connectivity index (χ0n) is 9.79. The molecule has 0 aliphatic heterocycles. The van der Waals surface area contributed by atoms with Gasteiger partial charge in [-0.1, -0.05) is 20.3 Å². The Bertz CT molecular complexity index is 227. The molecule has 0 heterocycles. The van der Waals surface area contributed by atoms with Crippen molar-refractivity contribution >= 4 is 9.84 Å². The molecule has 0 atom stereocenters. The molecule has 0 rings (SSSR count). The van der Waals surface area contributed by atoms with E-state index in [0.29, 0.717) is 13.2 Å². The summed E-state index contributed by atoms with van der Waals surface area (Å²) in [6.45, 7) is 6.49. The van der Waals surface area contributed by atoms with Gasteiger partial charge in [0.2, 0.25) is 0 Å². The van der Waals surface area contributed by atoms with Gasteiger partial charge >= 0.3 is 0 Å². The third-order valence-corrected chi connectivity index (χ3v) is 3.80. The van der Waals surface area contributed by atoms with E-state index >= 15 is 0 Å². The molecule has 0 radical (unpaired) electrons. The highest BCUT2D eigenvalue weighted by Gasteiger charge is 2.05. The van der Waals surface area contributed by atoms with Gasteiger partial charge in [0.1, 0.15) is 0 Å². The summed E-state index contributed by atoms with van der Waals surface area (Å²) in [5, 5.41) is 3.05. The Labute approximate surface area is 93.3 Å². The summed E-state index contributed by atoms with van der Waals surface area (Å²) < 4.78 is 27.5. The van der Waals surface area contributed by atoms with Crippen molar-refractivity contribution in [1.82, 2.24) is 5.32 Å². The second-order valence-electron chi connectivity index (χ2n) is 3.45. The second-order valence-corrected chi connectivity index (χ2v) is 5.93. The molecular formula is C10H23NO3S. The van der Waals surface area contributed by atoms with Gasteiger partial charge in [-0.05, 0) is 6.42 Å². The first-order valence-electron chi connectivity index (χ1n) is 5.61. The molecule has 1 N–H and O–H groups in total. The lowest BCUT2D eigenvalue weighted by atomic mass is 10.4. The molecular weight excluding hydrogens is 214 g/mol. The van der Waals surface area contributed by atoms with E-state index in [1.54, 1.807) is 6.92 Å². The Hall–Kier alpha value is -0.130. The standard InChI is InChI=1S/C10H23NO3S/c1-3-5-8-14-9-6-11-7-10-15(12,13)4-2/h11H,3-10H2,1-2H3. The Morgan fingerprint density at radius 2 is 1.87 bits per heavy atom. The van der Waals surface area contributed by atoms with Crippen LogP contribution in [0.4, 0.5) is 0 Å². The first kappa shape index (κ1) is 14.9. The van der Waals surface area contributed by atoms with Crippen molar-refractivity contribution in [3.8, 4) is 0 Å². The first-order valence-corrected chi connectivity index (χ1v) is 7.43. The number of unbranched alkanes of at least 4 members (excludes halogenated alkanes) is 1. The highest BCUT2D eigenvalue weighted by Crippen LogP contribution is 1.88. The Balaban J connectivity index is 3.19. The zero-order valence-corrected chi connectivity index (χ0v) is 10.6. The maximum Gasteiger partial charge on any atom is 0.151 e. The number of ether oxygens (including phenoxy) is 1. The van der Waals surface area contributed by atoms with Crippen LogP contribution < -0.4 is 5.32 Å². The van der Waals surface area contributed by atoms with E-state index < -0.39 is 9.84 Å². The summed E-state index contributed by atoms with van der Waals surface area (Å²) in [4.78, 5) is 0. The number of rotatable bonds is 10. The van der Waals surface area contributed by atoms with Crippen LogP contribution in [-0.2, 0) is 14.6 Å². The molecule has 92 valence electrons. The third-order valence-electron chi connectivity index (χ3n) is 2.10. The Kier molecular flexibility index (Phi) is 9.04. The van der Waals surface area contributed by atoms with Crippen molar-refractivity contribution in [3.63, 3.8) is 0 Å². The molecule has 15 heavy (non-hydrogen) atoms. The number of hydrogen-bond donors (Lipinski definition) is 1. The number of nitrogens with one attached hydrogen (secondary N) is 1. The smallest absolute Gasteiger partial charge is 0.151 e. The largest absolute Gasteiger partial charge is 0.380 e. The second kappa shape index (κ2) is 9.12. The van der Waals surface area contributed by atoms with E-state index in [4.69, 9.17) is 4.74 Å². The summed E-state index contributed by atoms with van der Waals surface area (Å²) >= 11 is 0. The number of sulfone groups is 1. The van der Waals surface area contributed by atoms with Crippen molar-refractivity contribution in [2.24, 2.45) is 0 Å². The summed E-state index contributed by atoms with van der Waals surface area (Å²) in [6, 6.07) is 0. The molecule has 0 aromatic carbocycles. The Morgan fingerprint density at radius 1 is 1.13 bits per heavy atom. The molecule has 5 heteroatoms. The SMILES string of the molecule is CCCCOCCNCCS(=O)(=O)CC. The minimum Gasteiger partial charge on any atom is -0.380 e. The van der Waals surface area contributed by atoms with Crippen molar-refractivity contribution in [2.45, 2.75) is 26.7 Å². The quantitative estimate of drug-likeness (QED) is 0.572. The Morgan fingerprint density at radius 3 is 2.47 bits per heavy atom. The van der Waals surface area contributed by atoms with Gasteiger partial charge in [-0.15, -0.1) is 0 Å². The lowest BCUT2D eigenvalue weighted by Crippen LogP contribution is -2.27. The van der Waals surface area contributed by atoms with Crippen molar-refractivity contribution in [2.75, 3.05) is 37.8 Å². The van der Waals surface area contributed by atoms with Crippen LogP contribution in [0.15, 0.2) is 0 Å². The molecule has 0 fully saturated rings. The van der Waals surface area contributed by atoms with Gasteiger partial charge in [-0.2, -0.15) is 0 Å². The molecule has 0 saturated heterocycles. The predicted octanol–water partition coefficient (Wildman–Crippen LogP) is 0.827. The molecule has 0 aliphatic carbocycles. The average Bonchev–Trinajstić information content (AvgIpc) is 2.22. The van der Waals surface area contributed by atoms with E-state index in [1.165, 1.54) is 0 Å². The van der Waals surface area contributed by atoms with Gasteiger partial charge in [0.05, 0.1) is 12.4 Å². The fourth-order valence-corrected chi connectivity index (χ4v) is 1.73. The van der Waals surface area contributed by atoms with Gasteiger partial charge in [0.25, 0.3) is 0 Å². The zero-order chi connectivity index (χ0) is 11.6. The minimum atomic E-state index is -2.82. The normalized spacial score (nSPS) is 11.9. The maximum absolute atomic E-state index is 11.1. The first-order chi connectivity index (χ1) is 7.12. The van der Waals surface area contributed by atoms with E-state index in [2.05, 4.69) is 12.2 Å². The van der Waals surface area contributed by atoms with Crippen LogP contribution in [0.25, 0.3) is 0 Å². The summed E-state index contributed by atoms with van der Waals surface area (Å²) in [6.07, 6.45) is 2.23. The summed E-state index contributed by atoms with van der Waals surface area (Å²) in [5.74, 6) is 0.445. The molecule has 0 spiro atoms. The average molecular weight is 237 g/mol. The van der Waals surface area contributed by atoms with Crippen LogP contribution in [0.3, 0.4) is 0 Å². The van der Waals surface area contributed by atoms with Gasteiger partial charge in [-0.3, -0.25) is 0 Å². The van der Waals surface area contributed by atoms with Gasteiger partial charge < -0.3 is 10.1 Å². The monoisotopic (exact) mass is 237 g/mol. The lowest BCUT2D eigenvalue weighted by Gasteiger charge is -2.05. The highest BCUT2D eigenvalue weighted by molar-refractivity contribution is 7.91. The van der Waals surface area contributed by atoms with Crippen molar-refractivity contribution in [3.05, 3.63) is 0 Å². The highest BCUT2D eigenvalue weighted by atomic mass is 32.2. The molecule has 0 saturated carbocycles. The predicted molar refractivity (Wildman–Crippen MR) is 62.9 cm³/mol. The molecule has 0 aromatic rings. The molecule has 0 aliphatic rings. The van der Waals surface area contributed by atoms with Gasteiger partial charge in [-0.25, -0.2) is 8.42 Å².